The molecule has 0 aromatic heterocycles. The van der Waals surface area contributed by atoms with Crippen LogP contribution in [0.4, 0.5) is 5.69 Å². The van der Waals surface area contributed by atoms with Crippen LogP contribution in [-0.2, 0) is 10.1 Å². The quantitative estimate of drug-likeness (QED) is 0.281. The number of aryl methyl sites for hydroxylation is 1. The molecule has 0 spiro atoms. The van der Waals surface area contributed by atoms with Crippen molar-refractivity contribution in [2.45, 2.75) is 11.8 Å². The molecule has 0 aliphatic rings. The van der Waals surface area contributed by atoms with Crippen molar-refractivity contribution in [2.24, 2.45) is 0 Å². The molecule has 82 valence electrons. The van der Waals surface area contributed by atoms with E-state index in [4.69, 9.17) is 11.6 Å². The largest absolute Gasteiger partial charge is 1.00 e. The van der Waals surface area contributed by atoms with Gasteiger partial charge in [0.25, 0.3) is 5.69 Å². The molecular weight excluding hydrogens is 269 g/mol. The van der Waals surface area contributed by atoms with Gasteiger partial charge in [0.2, 0.25) is 0 Å². The second-order valence-corrected chi connectivity index (χ2v) is 4.54. The molecule has 0 saturated carbocycles. The SMILES string of the molecule is Cc1cc(S(=O)(=O)[O-])cc([N+](=O)[O-])c1Cl.[Na+]. The van der Waals surface area contributed by atoms with Crippen molar-refractivity contribution in [1.82, 2.24) is 0 Å². The molecule has 0 amide bonds. The number of hydrogen-bond donors (Lipinski definition) is 0. The summed E-state index contributed by atoms with van der Waals surface area (Å²) in [6, 6.07) is 1.65. The van der Waals surface area contributed by atoms with Crippen molar-refractivity contribution in [1.29, 1.82) is 0 Å². The number of halogens is 1. The molecule has 0 atom stereocenters. The fourth-order valence-corrected chi connectivity index (χ4v) is 1.75. The molecule has 0 aliphatic carbocycles. The fraction of sp³-hybridized carbons (Fsp3) is 0.143. The number of benzene rings is 1. The maximum absolute atomic E-state index is 10.6. The van der Waals surface area contributed by atoms with E-state index < -0.39 is 25.6 Å². The third kappa shape index (κ3) is 3.41. The predicted octanol–water partition coefficient (Wildman–Crippen LogP) is -1.54. The van der Waals surface area contributed by atoms with Crippen LogP contribution in [-0.4, -0.2) is 17.9 Å². The van der Waals surface area contributed by atoms with Crippen LogP contribution in [0, 0.1) is 17.0 Å². The van der Waals surface area contributed by atoms with Crippen molar-refractivity contribution in [3.8, 4) is 0 Å². The van der Waals surface area contributed by atoms with Gasteiger partial charge in [-0.05, 0) is 18.6 Å². The van der Waals surface area contributed by atoms with Crippen LogP contribution < -0.4 is 29.6 Å². The zero-order valence-corrected chi connectivity index (χ0v) is 12.0. The molecule has 0 fully saturated rings. The van der Waals surface area contributed by atoms with E-state index in [2.05, 4.69) is 0 Å². The summed E-state index contributed by atoms with van der Waals surface area (Å²) in [4.78, 5) is 8.98. The van der Waals surface area contributed by atoms with Crippen LogP contribution in [0.5, 0.6) is 0 Å². The van der Waals surface area contributed by atoms with E-state index >= 15 is 0 Å². The number of nitro groups is 1. The van der Waals surface area contributed by atoms with E-state index in [1.807, 2.05) is 0 Å². The second kappa shape index (κ2) is 5.44. The Morgan fingerprint density at radius 3 is 2.25 bits per heavy atom. The molecule has 1 rings (SSSR count). The first-order valence-corrected chi connectivity index (χ1v) is 5.42. The zero-order chi connectivity index (χ0) is 11.8. The van der Waals surface area contributed by atoms with Gasteiger partial charge in [0.05, 0.1) is 9.82 Å². The van der Waals surface area contributed by atoms with E-state index in [1.54, 1.807) is 0 Å². The first kappa shape index (κ1) is 15.8. The molecule has 6 nitrogen and oxygen atoms in total. The average Bonchev–Trinajstić information content (AvgIpc) is 2.06. The van der Waals surface area contributed by atoms with E-state index in [-0.39, 0.29) is 40.1 Å². The Hall–Kier alpha value is -0.180. The summed E-state index contributed by atoms with van der Waals surface area (Å²) >= 11 is 5.57. The van der Waals surface area contributed by atoms with Crippen LogP contribution in [0.25, 0.3) is 0 Å². The summed E-state index contributed by atoms with van der Waals surface area (Å²) in [6.45, 7) is 1.38. The van der Waals surface area contributed by atoms with Gasteiger partial charge < -0.3 is 4.55 Å². The molecule has 0 unspecified atom stereocenters. The molecule has 1 aromatic rings. The van der Waals surface area contributed by atoms with Gasteiger partial charge in [-0.3, -0.25) is 10.1 Å². The van der Waals surface area contributed by atoms with E-state index in [9.17, 15) is 23.1 Å². The third-order valence-corrected chi connectivity index (χ3v) is 3.00. The maximum Gasteiger partial charge on any atom is 1.00 e. The molecule has 9 heteroatoms. The Balaban J connectivity index is 0.00000225. The molecular formula is C7H5ClNNaO5S. The molecule has 0 bridgehead atoms. The normalized spacial score (nSPS) is 10.7. The minimum Gasteiger partial charge on any atom is -0.744 e. The molecule has 1 aromatic carbocycles. The molecule has 0 heterocycles. The second-order valence-electron chi connectivity index (χ2n) is 2.78. The van der Waals surface area contributed by atoms with Crippen molar-refractivity contribution in [3.05, 3.63) is 32.8 Å². The Labute approximate surface area is 119 Å². The van der Waals surface area contributed by atoms with Crippen LogP contribution in [0.2, 0.25) is 5.02 Å². The molecule has 0 N–H and O–H groups in total. The van der Waals surface area contributed by atoms with Crippen LogP contribution >= 0.6 is 11.6 Å². The van der Waals surface area contributed by atoms with Gasteiger partial charge in [-0.15, -0.1) is 0 Å². The predicted molar refractivity (Wildman–Crippen MR) is 50.8 cm³/mol. The van der Waals surface area contributed by atoms with Gasteiger partial charge in [-0.2, -0.15) is 0 Å². The minimum absolute atomic E-state index is 0. The number of nitrogens with zero attached hydrogens (tertiary/aromatic N) is 1. The van der Waals surface area contributed by atoms with Gasteiger partial charge in [0.1, 0.15) is 15.1 Å². The summed E-state index contributed by atoms with van der Waals surface area (Å²) in [5, 5.41) is 10.3. The van der Waals surface area contributed by atoms with Crippen LogP contribution in [0.1, 0.15) is 5.56 Å². The Morgan fingerprint density at radius 1 is 1.38 bits per heavy atom. The number of hydrogen-bond acceptors (Lipinski definition) is 5. The smallest absolute Gasteiger partial charge is 0.744 e. The monoisotopic (exact) mass is 273 g/mol. The van der Waals surface area contributed by atoms with Gasteiger partial charge in [-0.1, -0.05) is 11.6 Å². The first-order valence-electron chi connectivity index (χ1n) is 3.64. The third-order valence-electron chi connectivity index (χ3n) is 1.69. The van der Waals surface area contributed by atoms with E-state index in [0.29, 0.717) is 6.07 Å². The zero-order valence-electron chi connectivity index (χ0n) is 8.43. The first-order chi connectivity index (χ1) is 6.73. The maximum atomic E-state index is 10.6. The van der Waals surface area contributed by atoms with E-state index in [0.717, 1.165) is 6.07 Å². The Bertz CT molecular complexity index is 530. The summed E-state index contributed by atoms with van der Waals surface area (Å²) in [7, 11) is -4.71. The van der Waals surface area contributed by atoms with Crippen molar-refractivity contribution in [3.63, 3.8) is 0 Å². The summed E-state index contributed by atoms with van der Waals surface area (Å²) in [5.74, 6) is 0. The van der Waals surface area contributed by atoms with Crippen LogP contribution in [0.3, 0.4) is 0 Å². The standard InChI is InChI=1S/C7H6ClNO5S.Na/c1-4-2-5(15(12,13)14)3-6(7(4)8)9(10)11;/h2-3H,1H3,(H,12,13,14);/q;+1/p-1. The van der Waals surface area contributed by atoms with Gasteiger partial charge in [0, 0.05) is 6.07 Å². The Morgan fingerprint density at radius 2 is 1.88 bits per heavy atom. The Kier molecular flexibility index (Phi) is 5.37. The summed E-state index contributed by atoms with van der Waals surface area (Å²) in [6.07, 6.45) is 0. The summed E-state index contributed by atoms with van der Waals surface area (Å²) in [5.41, 5.74) is -0.425. The van der Waals surface area contributed by atoms with Crippen LogP contribution in [0.15, 0.2) is 17.0 Å². The molecule has 0 saturated heterocycles. The molecule has 0 aliphatic heterocycles. The molecule has 0 radical (unpaired) electrons. The van der Waals surface area contributed by atoms with Crippen molar-refractivity contribution >= 4 is 27.4 Å². The number of nitro benzene ring substituents is 1. The van der Waals surface area contributed by atoms with Gasteiger partial charge in [-0.25, -0.2) is 8.42 Å². The van der Waals surface area contributed by atoms with Crippen molar-refractivity contribution < 1.29 is 47.5 Å². The van der Waals surface area contributed by atoms with Crippen molar-refractivity contribution in [2.75, 3.05) is 0 Å². The summed E-state index contributed by atoms with van der Waals surface area (Å²) < 4.78 is 31.9. The van der Waals surface area contributed by atoms with E-state index in [1.165, 1.54) is 6.92 Å². The molecule has 16 heavy (non-hydrogen) atoms. The number of rotatable bonds is 2. The average molecular weight is 274 g/mol. The fourth-order valence-electron chi connectivity index (χ4n) is 0.996. The topological polar surface area (TPSA) is 100 Å². The van der Waals surface area contributed by atoms with Gasteiger partial charge >= 0.3 is 29.6 Å². The minimum atomic E-state index is -4.71. The van der Waals surface area contributed by atoms with Gasteiger partial charge in [0.15, 0.2) is 0 Å².